The van der Waals surface area contributed by atoms with Gasteiger partial charge >= 0.3 is 5.97 Å². The second-order valence-electron chi connectivity index (χ2n) is 3.77. The standard InChI is InChI=1S/C11H9NO5/c1-11(14)9(6-10(13)17-11)7-3-2-4-8(5-7)12(15)16/h2-6,14H,1H3. The van der Waals surface area contributed by atoms with Gasteiger partial charge in [0.1, 0.15) is 0 Å². The van der Waals surface area contributed by atoms with Crippen molar-refractivity contribution in [3.05, 3.63) is 46.0 Å². The van der Waals surface area contributed by atoms with E-state index in [0.717, 1.165) is 6.08 Å². The summed E-state index contributed by atoms with van der Waals surface area (Å²) in [7, 11) is 0. The predicted octanol–water partition coefficient (Wildman–Crippen LogP) is 1.24. The van der Waals surface area contributed by atoms with Crippen LogP contribution in [0, 0.1) is 10.1 Å². The van der Waals surface area contributed by atoms with Gasteiger partial charge in [0, 0.05) is 30.7 Å². The van der Waals surface area contributed by atoms with Gasteiger partial charge in [-0.05, 0) is 5.56 Å². The van der Waals surface area contributed by atoms with Crippen LogP contribution in [0.1, 0.15) is 12.5 Å². The number of rotatable bonds is 2. The molecule has 2 rings (SSSR count). The Morgan fingerprint density at radius 1 is 1.47 bits per heavy atom. The van der Waals surface area contributed by atoms with Crippen molar-refractivity contribution in [2.45, 2.75) is 12.7 Å². The molecule has 0 saturated carbocycles. The summed E-state index contributed by atoms with van der Waals surface area (Å²) in [5.41, 5.74) is 0.486. The smallest absolute Gasteiger partial charge is 0.334 e. The average Bonchev–Trinajstić information content (AvgIpc) is 2.52. The number of aliphatic hydroxyl groups is 1. The van der Waals surface area contributed by atoms with Crippen molar-refractivity contribution >= 4 is 17.2 Å². The Morgan fingerprint density at radius 3 is 2.71 bits per heavy atom. The third-order valence-electron chi connectivity index (χ3n) is 2.43. The number of non-ortho nitro benzene ring substituents is 1. The molecule has 0 radical (unpaired) electrons. The van der Waals surface area contributed by atoms with Crippen molar-refractivity contribution in [1.82, 2.24) is 0 Å². The third-order valence-corrected chi connectivity index (χ3v) is 2.43. The largest absolute Gasteiger partial charge is 0.426 e. The average molecular weight is 235 g/mol. The molecule has 1 aromatic rings. The zero-order valence-corrected chi connectivity index (χ0v) is 8.91. The lowest BCUT2D eigenvalue weighted by molar-refractivity contribution is -0.384. The van der Waals surface area contributed by atoms with Gasteiger partial charge in [0.15, 0.2) is 0 Å². The number of benzene rings is 1. The minimum Gasteiger partial charge on any atom is -0.426 e. The molecule has 1 unspecified atom stereocenters. The van der Waals surface area contributed by atoms with Crippen LogP contribution in [0.4, 0.5) is 5.69 Å². The highest BCUT2D eigenvalue weighted by Gasteiger charge is 2.37. The van der Waals surface area contributed by atoms with Gasteiger partial charge in [-0.3, -0.25) is 10.1 Å². The maximum absolute atomic E-state index is 11.1. The molecule has 6 heteroatoms. The minimum absolute atomic E-state index is 0.112. The minimum atomic E-state index is -1.74. The normalized spacial score (nSPS) is 23.2. The Kier molecular flexibility index (Phi) is 2.44. The molecule has 0 spiro atoms. The number of hydrogen-bond acceptors (Lipinski definition) is 5. The lowest BCUT2D eigenvalue weighted by Gasteiger charge is -2.19. The van der Waals surface area contributed by atoms with Crippen molar-refractivity contribution in [1.29, 1.82) is 0 Å². The van der Waals surface area contributed by atoms with Crippen LogP contribution in [0.25, 0.3) is 5.57 Å². The van der Waals surface area contributed by atoms with Crippen LogP contribution in [0.3, 0.4) is 0 Å². The van der Waals surface area contributed by atoms with E-state index in [1.54, 1.807) is 6.07 Å². The third kappa shape index (κ3) is 2.02. The molecule has 6 nitrogen and oxygen atoms in total. The van der Waals surface area contributed by atoms with Crippen LogP contribution in [-0.2, 0) is 9.53 Å². The molecule has 1 heterocycles. The fourth-order valence-electron chi connectivity index (χ4n) is 1.67. The molecule has 88 valence electrons. The molecule has 0 amide bonds. The molecule has 0 saturated heterocycles. The number of esters is 1. The number of nitro groups is 1. The Labute approximate surface area is 96.3 Å². The van der Waals surface area contributed by atoms with Crippen molar-refractivity contribution < 1.29 is 19.6 Å². The van der Waals surface area contributed by atoms with Crippen LogP contribution in [0.5, 0.6) is 0 Å². The molecule has 1 N–H and O–H groups in total. The lowest BCUT2D eigenvalue weighted by Crippen LogP contribution is -2.26. The number of nitro benzene ring substituents is 1. The summed E-state index contributed by atoms with van der Waals surface area (Å²) >= 11 is 0. The molecule has 1 atom stereocenters. The van der Waals surface area contributed by atoms with Gasteiger partial charge in [-0.15, -0.1) is 0 Å². The van der Waals surface area contributed by atoms with E-state index < -0.39 is 16.7 Å². The van der Waals surface area contributed by atoms with Gasteiger partial charge in [0.25, 0.3) is 5.69 Å². The highest BCUT2D eigenvalue weighted by atomic mass is 16.7. The Bertz CT molecular complexity index is 532. The van der Waals surface area contributed by atoms with Crippen LogP contribution >= 0.6 is 0 Å². The fraction of sp³-hybridized carbons (Fsp3) is 0.182. The number of carbonyl (C=O) groups excluding carboxylic acids is 1. The van der Waals surface area contributed by atoms with Gasteiger partial charge in [-0.25, -0.2) is 4.79 Å². The summed E-state index contributed by atoms with van der Waals surface area (Å²) in [6, 6.07) is 5.65. The molecule has 1 aliphatic rings. The summed E-state index contributed by atoms with van der Waals surface area (Å²) in [6.07, 6.45) is 1.12. The van der Waals surface area contributed by atoms with Crippen LogP contribution in [0.2, 0.25) is 0 Å². The van der Waals surface area contributed by atoms with E-state index in [0.29, 0.717) is 5.56 Å². The highest BCUT2D eigenvalue weighted by molar-refractivity contribution is 5.98. The number of nitrogens with zero attached hydrogens (tertiary/aromatic N) is 1. The Morgan fingerprint density at radius 2 is 2.18 bits per heavy atom. The number of hydrogen-bond donors (Lipinski definition) is 1. The summed E-state index contributed by atoms with van der Waals surface area (Å²) in [5.74, 6) is -2.41. The Hall–Kier alpha value is -2.21. The number of carbonyl (C=O) groups is 1. The fourth-order valence-corrected chi connectivity index (χ4v) is 1.67. The Balaban J connectivity index is 2.48. The van der Waals surface area contributed by atoms with Gasteiger partial charge in [-0.1, -0.05) is 12.1 Å². The molecule has 0 fully saturated rings. The maximum atomic E-state index is 11.1. The second-order valence-corrected chi connectivity index (χ2v) is 3.77. The molecular weight excluding hydrogens is 226 g/mol. The van der Waals surface area contributed by atoms with Crippen LogP contribution < -0.4 is 0 Å². The summed E-state index contributed by atoms with van der Waals surface area (Å²) in [6.45, 7) is 1.31. The van der Waals surface area contributed by atoms with Gasteiger partial charge in [0.05, 0.1) is 4.92 Å². The topological polar surface area (TPSA) is 89.7 Å². The first-order valence-corrected chi connectivity index (χ1v) is 4.82. The summed E-state index contributed by atoms with van der Waals surface area (Å²) in [5, 5.41) is 20.4. The van der Waals surface area contributed by atoms with Gasteiger partial charge in [0.2, 0.25) is 5.79 Å². The highest BCUT2D eigenvalue weighted by Crippen LogP contribution is 2.34. The predicted molar refractivity (Wildman–Crippen MR) is 57.8 cm³/mol. The van der Waals surface area contributed by atoms with E-state index in [1.807, 2.05) is 0 Å². The zero-order valence-electron chi connectivity index (χ0n) is 8.91. The quantitative estimate of drug-likeness (QED) is 0.473. The molecule has 0 aliphatic carbocycles. The van der Waals surface area contributed by atoms with E-state index in [9.17, 15) is 20.0 Å². The number of cyclic esters (lactones) is 1. The van der Waals surface area contributed by atoms with Crippen LogP contribution in [-0.4, -0.2) is 21.8 Å². The molecule has 1 aromatic carbocycles. The first kappa shape index (κ1) is 11.3. The van der Waals surface area contributed by atoms with E-state index in [4.69, 9.17) is 0 Å². The van der Waals surface area contributed by atoms with Crippen molar-refractivity contribution in [3.8, 4) is 0 Å². The van der Waals surface area contributed by atoms with E-state index in [1.165, 1.54) is 25.1 Å². The summed E-state index contributed by atoms with van der Waals surface area (Å²) < 4.78 is 4.67. The maximum Gasteiger partial charge on any atom is 0.334 e. The molecule has 1 aliphatic heterocycles. The first-order chi connectivity index (χ1) is 7.90. The van der Waals surface area contributed by atoms with Crippen molar-refractivity contribution in [2.24, 2.45) is 0 Å². The van der Waals surface area contributed by atoms with Gasteiger partial charge < -0.3 is 9.84 Å². The van der Waals surface area contributed by atoms with E-state index in [2.05, 4.69) is 4.74 Å². The molecular formula is C11H9NO5. The van der Waals surface area contributed by atoms with E-state index in [-0.39, 0.29) is 11.3 Å². The monoisotopic (exact) mass is 235 g/mol. The molecule has 0 aromatic heterocycles. The van der Waals surface area contributed by atoms with Crippen LogP contribution in [0.15, 0.2) is 30.3 Å². The van der Waals surface area contributed by atoms with Crippen molar-refractivity contribution in [2.75, 3.05) is 0 Å². The van der Waals surface area contributed by atoms with E-state index >= 15 is 0 Å². The second kappa shape index (κ2) is 3.67. The van der Waals surface area contributed by atoms with Gasteiger partial charge in [-0.2, -0.15) is 0 Å². The first-order valence-electron chi connectivity index (χ1n) is 4.82. The SMILES string of the molecule is CC1(O)OC(=O)C=C1c1cccc([N+](=O)[O-])c1. The van der Waals surface area contributed by atoms with Crippen molar-refractivity contribution in [3.63, 3.8) is 0 Å². The molecule has 17 heavy (non-hydrogen) atoms. The lowest BCUT2D eigenvalue weighted by atomic mass is 9.99. The summed E-state index contributed by atoms with van der Waals surface area (Å²) in [4.78, 5) is 21.1. The number of ether oxygens (including phenoxy) is 1. The molecule has 0 bridgehead atoms. The zero-order chi connectivity index (χ0) is 12.6.